The Hall–Kier alpha value is -2.16. The molecular formula is C17H24N4O3S. The first kappa shape index (κ1) is 19.2. The van der Waals surface area contributed by atoms with E-state index in [-0.39, 0.29) is 12.5 Å². The highest BCUT2D eigenvalue weighted by atomic mass is 32.1. The SMILES string of the molecule is CN=C(NCC(=O)NCCOC)NCC(O)c1cc2ccccc2s1. The van der Waals surface area contributed by atoms with Crippen molar-refractivity contribution < 1.29 is 14.6 Å². The molecule has 0 fully saturated rings. The highest BCUT2D eigenvalue weighted by Crippen LogP contribution is 2.29. The molecule has 2 rings (SSSR count). The van der Waals surface area contributed by atoms with Crippen LogP contribution in [0.2, 0.25) is 0 Å². The van der Waals surface area contributed by atoms with Crippen molar-refractivity contribution >= 4 is 33.3 Å². The van der Waals surface area contributed by atoms with E-state index >= 15 is 0 Å². The number of rotatable bonds is 8. The first-order chi connectivity index (χ1) is 12.1. The van der Waals surface area contributed by atoms with E-state index in [2.05, 4.69) is 20.9 Å². The van der Waals surface area contributed by atoms with Gasteiger partial charge in [-0.1, -0.05) is 18.2 Å². The largest absolute Gasteiger partial charge is 0.386 e. The molecule has 1 atom stereocenters. The number of fused-ring (bicyclic) bond motifs is 1. The summed E-state index contributed by atoms with van der Waals surface area (Å²) in [6, 6.07) is 10.0. The third-order valence-corrected chi connectivity index (χ3v) is 4.72. The average molecular weight is 364 g/mol. The predicted molar refractivity (Wildman–Crippen MR) is 101 cm³/mol. The molecule has 1 aromatic carbocycles. The van der Waals surface area contributed by atoms with Crippen LogP contribution in [0, 0.1) is 0 Å². The van der Waals surface area contributed by atoms with Crippen molar-refractivity contribution in [3.05, 3.63) is 35.2 Å². The Balaban J connectivity index is 1.78. The number of ether oxygens (including phenoxy) is 1. The van der Waals surface area contributed by atoms with E-state index < -0.39 is 6.10 Å². The minimum absolute atomic E-state index is 0.0996. The van der Waals surface area contributed by atoms with Gasteiger partial charge < -0.3 is 25.8 Å². The number of thiophene rings is 1. The summed E-state index contributed by atoms with van der Waals surface area (Å²) in [4.78, 5) is 16.6. The van der Waals surface area contributed by atoms with E-state index in [4.69, 9.17) is 4.74 Å². The van der Waals surface area contributed by atoms with Crippen LogP contribution < -0.4 is 16.0 Å². The summed E-state index contributed by atoms with van der Waals surface area (Å²) >= 11 is 1.57. The van der Waals surface area contributed by atoms with E-state index in [0.29, 0.717) is 25.7 Å². The van der Waals surface area contributed by atoms with Crippen LogP contribution in [-0.2, 0) is 9.53 Å². The average Bonchev–Trinajstić information content (AvgIpc) is 3.06. The molecule has 0 spiro atoms. The summed E-state index contributed by atoms with van der Waals surface area (Å²) in [5.41, 5.74) is 0. The number of methoxy groups -OCH3 is 1. The normalized spacial score (nSPS) is 12.8. The number of guanidine groups is 1. The maximum Gasteiger partial charge on any atom is 0.239 e. The van der Waals surface area contributed by atoms with Crippen LogP contribution in [0.5, 0.6) is 0 Å². The Morgan fingerprint density at radius 1 is 1.32 bits per heavy atom. The Bertz CT molecular complexity index is 684. The van der Waals surface area contributed by atoms with Crippen molar-refractivity contribution in [3.63, 3.8) is 0 Å². The van der Waals surface area contributed by atoms with Gasteiger partial charge in [0.05, 0.1) is 13.2 Å². The minimum Gasteiger partial charge on any atom is -0.386 e. The van der Waals surface area contributed by atoms with E-state index in [0.717, 1.165) is 15.0 Å². The van der Waals surface area contributed by atoms with E-state index in [1.54, 1.807) is 25.5 Å². The summed E-state index contributed by atoms with van der Waals surface area (Å²) in [5.74, 6) is 0.312. The van der Waals surface area contributed by atoms with Crippen LogP contribution in [0.4, 0.5) is 0 Å². The zero-order valence-corrected chi connectivity index (χ0v) is 15.2. The minimum atomic E-state index is -0.647. The molecule has 7 nitrogen and oxygen atoms in total. The lowest BCUT2D eigenvalue weighted by atomic mass is 10.2. The second-order valence-electron chi connectivity index (χ2n) is 5.35. The Morgan fingerprint density at radius 3 is 2.84 bits per heavy atom. The summed E-state index contributed by atoms with van der Waals surface area (Å²) in [7, 11) is 3.20. The van der Waals surface area contributed by atoms with Crippen molar-refractivity contribution in [2.45, 2.75) is 6.10 Å². The van der Waals surface area contributed by atoms with Crippen LogP contribution in [-0.4, -0.2) is 57.4 Å². The predicted octanol–water partition coefficient (Wildman–Crippen LogP) is 0.862. The Kier molecular flexibility index (Phi) is 7.65. The number of amides is 1. The lowest BCUT2D eigenvalue weighted by Gasteiger charge is -2.14. The highest BCUT2D eigenvalue weighted by Gasteiger charge is 2.12. The zero-order chi connectivity index (χ0) is 18.1. The monoisotopic (exact) mass is 364 g/mol. The number of hydrogen-bond acceptors (Lipinski definition) is 5. The molecule has 136 valence electrons. The quantitative estimate of drug-likeness (QED) is 0.317. The molecular weight excluding hydrogens is 340 g/mol. The Labute approximate surface area is 151 Å². The van der Waals surface area contributed by atoms with Gasteiger partial charge in [0, 0.05) is 36.8 Å². The number of hydrogen-bond donors (Lipinski definition) is 4. The van der Waals surface area contributed by atoms with E-state index in [1.807, 2.05) is 30.3 Å². The van der Waals surface area contributed by atoms with Gasteiger partial charge in [0.25, 0.3) is 0 Å². The van der Waals surface area contributed by atoms with E-state index in [1.165, 1.54) is 0 Å². The summed E-state index contributed by atoms with van der Waals surface area (Å²) in [6.07, 6.45) is -0.647. The number of carbonyl (C=O) groups is 1. The number of aliphatic hydroxyl groups excluding tert-OH is 1. The van der Waals surface area contributed by atoms with Gasteiger partial charge in [-0.2, -0.15) is 0 Å². The van der Waals surface area contributed by atoms with Crippen molar-refractivity contribution in [1.82, 2.24) is 16.0 Å². The third-order valence-electron chi connectivity index (χ3n) is 3.50. The first-order valence-corrected chi connectivity index (χ1v) is 8.82. The summed E-state index contributed by atoms with van der Waals surface area (Å²) in [5, 5.41) is 20.1. The number of benzene rings is 1. The topological polar surface area (TPSA) is 95.0 Å². The fraction of sp³-hybridized carbons (Fsp3) is 0.412. The number of nitrogens with one attached hydrogen (secondary N) is 3. The fourth-order valence-electron chi connectivity index (χ4n) is 2.20. The van der Waals surface area contributed by atoms with Crippen molar-refractivity contribution in [2.24, 2.45) is 4.99 Å². The van der Waals surface area contributed by atoms with Crippen LogP contribution in [0.25, 0.3) is 10.1 Å². The molecule has 25 heavy (non-hydrogen) atoms. The maximum atomic E-state index is 11.6. The van der Waals surface area contributed by atoms with Crippen molar-refractivity contribution in [3.8, 4) is 0 Å². The number of carbonyl (C=O) groups excluding carboxylic acids is 1. The van der Waals surface area contributed by atoms with Crippen molar-refractivity contribution in [2.75, 3.05) is 40.4 Å². The van der Waals surface area contributed by atoms with Crippen LogP contribution in [0.1, 0.15) is 11.0 Å². The van der Waals surface area contributed by atoms with Crippen LogP contribution in [0.15, 0.2) is 35.3 Å². The van der Waals surface area contributed by atoms with Gasteiger partial charge in [0.15, 0.2) is 5.96 Å². The van der Waals surface area contributed by atoms with Gasteiger partial charge in [0.1, 0.15) is 6.10 Å². The molecule has 0 bridgehead atoms. The molecule has 0 saturated heterocycles. The smallest absolute Gasteiger partial charge is 0.239 e. The van der Waals surface area contributed by atoms with Gasteiger partial charge >= 0.3 is 0 Å². The lowest BCUT2D eigenvalue weighted by molar-refractivity contribution is -0.120. The molecule has 0 saturated carbocycles. The van der Waals surface area contributed by atoms with Gasteiger partial charge in [-0.15, -0.1) is 11.3 Å². The van der Waals surface area contributed by atoms with Gasteiger partial charge in [0.2, 0.25) is 5.91 Å². The fourth-order valence-corrected chi connectivity index (χ4v) is 3.25. The van der Waals surface area contributed by atoms with E-state index in [9.17, 15) is 9.90 Å². The lowest BCUT2D eigenvalue weighted by Crippen LogP contribution is -2.44. The first-order valence-electron chi connectivity index (χ1n) is 8.00. The zero-order valence-electron chi connectivity index (χ0n) is 14.4. The third kappa shape index (κ3) is 6.00. The van der Waals surface area contributed by atoms with Gasteiger partial charge in [-0.05, 0) is 17.5 Å². The number of nitrogens with zero attached hydrogens (tertiary/aromatic N) is 1. The number of aliphatic imine (C=N–C) groups is 1. The molecule has 0 radical (unpaired) electrons. The molecule has 1 amide bonds. The molecule has 1 unspecified atom stereocenters. The molecule has 1 aromatic heterocycles. The van der Waals surface area contributed by atoms with Gasteiger partial charge in [-0.25, -0.2) is 0 Å². The Morgan fingerprint density at radius 2 is 2.12 bits per heavy atom. The maximum absolute atomic E-state index is 11.6. The molecule has 8 heteroatoms. The number of aliphatic hydroxyl groups is 1. The molecule has 2 aromatic rings. The summed E-state index contributed by atoms with van der Waals surface area (Å²) < 4.78 is 6.01. The van der Waals surface area contributed by atoms with Gasteiger partial charge in [-0.3, -0.25) is 9.79 Å². The molecule has 0 aliphatic carbocycles. The van der Waals surface area contributed by atoms with Crippen LogP contribution >= 0.6 is 11.3 Å². The van der Waals surface area contributed by atoms with Crippen LogP contribution in [0.3, 0.4) is 0 Å². The molecule has 0 aliphatic rings. The van der Waals surface area contributed by atoms with Crippen molar-refractivity contribution in [1.29, 1.82) is 0 Å². The molecule has 4 N–H and O–H groups in total. The highest BCUT2D eigenvalue weighted by molar-refractivity contribution is 7.19. The standard InChI is InChI=1S/C17H24N4O3S/c1-18-17(21-11-16(23)19-7-8-24-2)20-10-13(22)15-9-12-5-3-4-6-14(12)25-15/h3-6,9,13,22H,7-8,10-11H2,1-2H3,(H,19,23)(H2,18,20,21). The second kappa shape index (κ2) is 9.97. The molecule has 0 aliphatic heterocycles. The molecule has 1 heterocycles. The second-order valence-corrected chi connectivity index (χ2v) is 6.47. The summed E-state index contributed by atoms with van der Waals surface area (Å²) in [6.45, 7) is 1.34.